The maximum atomic E-state index is 11.8. The molecule has 21 heavy (non-hydrogen) atoms. The summed E-state index contributed by atoms with van der Waals surface area (Å²) in [5.41, 5.74) is 0.143. The fraction of sp³-hybridized carbons (Fsp3) is 0.600. The van der Waals surface area contributed by atoms with Gasteiger partial charge in [0.25, 0.3) is 5.91 Å². The Balaban J connectivity index is 2.36. The molecule has 0 saturated heterocycles. The lowest BCUT2D eigenvalue weighted by molar-refractivity contribution is -0.121. The highest BCUT2D eigenvalue weighted by atomic mass is 32.1. The SMILES string of the molecule is CC(C)C(O)C(C)(C)CNC(=O)CNC(=O)c1ccsc1. The summed E-state index contributed by atoms with van der Waals surface area (Å²) in [6.45, 7) is 7.98. The van der Waals surface area contributed by atoms with E-state index in [-0.39, 0.29) is 24.3 Å². The first kappa shape index (κ1) is 17.7. The highest BCUT2D eigenvalue weighted by molar-refractivity contribution is 7.08. The van der Waals surface area contributed by atoms with E-state index in [9.17, 15) is 14.7 Å². The van der Waals surface area contributed by atoms with E-state index in [4.69, 9.17) is 0 Å². The molecule has 0 bridgehead atoms. The van der Waals surface area contributed by atoms with E-state index in [2.05, 4.69) is 10.6 Å². The van der Waals surface area contributed by atoms with Crippen molar-refractivity contribution >= 4 is 23.2 Å². The van der Waals surface area contributed by atoms with Gasteiger partial charge in [0.05, 0.1) is 12.6 Å². The summed E-state index contributed by atoms with van der Waals surface area (Å²) in [7, 11) is 0. The Hall–Kier alpha value is -1.40. The van der Waals surface area contributed by atoms with Crippen molar-refractivity contribution in [2.75, 3.05) is 13.1 Å². The van der Waals surface area contributed by atoms with Crippen LogP contribution in [0.3, 0.4) is 0 Å². The molecule has 1 unspecified atom stereocenters. The van der Waals surface area contributed by atoms with Gasteiger partial charge in [0.1, 0.15) is 0 Å². The zero-order valence-corrected chi connectivity index (χ0v) is 13.8. The van der Waals surface area contributed by atoms with Crippen LogP contribution in [-0.2, 0) is 4.79 Å². The molecule has 0 spiro atoms. The van der Waals surface area contributed by atoms with Crippen molar-refractivity contribution < 1.29 is 14.7 Å². The molecule has 1 aromatic rings. The van der Waals surface area contributed by atoms with Crippen molar-refractivity contribution in [3.63, 3.8) is 0 Å². The van der Waals surface area contributed by atoms with Crippen molar-refractivity contribution in [1.29, 1.82) is 0 Å². The molecule has 0 aliphatic rings. The maximum absolute atomic E-state index is 11.8. The minimum atomic E-state index is -0.502. The van der Waals surface area contributed by atoms with Gasteiger partial charge in [-0.25, -0.2) is 0 Å². The lowest BCUT2D eigenvalue weighted by Gasteiger charge is -2.33. The third-order valence-corrected chi connectivity index (χ3v) is 4.05. The van der Waals surface area contributed by atoms with Gasteiger partial charge < -0.3 is 15.7 Å². The Morgan fingerprint density at radius 3 is 2.52 bits per heavy atom. The number of aliphatic hydroxyl groups is 1. The van der Waals surface area contributed by atoms with Gasteiger partial charge in [-0.1, -0.05) is 27.7 Å². The molecule has 5 nitrogen and oxygen atoms in total. The van der Waals surface area contributed by atoms with Crippen LogP contribution in [0.2, 0.25) is 0 Å². The standard InChI is InChI=1S/C15H24N2O3S/c1-10(2)13(19)15(3,4)9-17-12(18)7-16-14(20)11-5-6-21-8-11/h5-6,8,10,13,19H,7,9H2,1-4H3,(H,16,20)(H,17,18). The van der Waals surface area contributed by atoms with Gasteiger partial charge in [-0.3, -0.25) is 9.59 Å². The van der Waals surface area contributed by atoms with Crippen molar-refractivity contribution in [3.05, 3.63) is 22.4 Å². The summed E-state index contributed by atoms with van der Waals surface area (Å²) in [5, 5.41) is 18.9. The molecule has 2 amide bonds. The lowest BCUT2D eigenvalue weighted by Crippen LogP contribution is -2.46. The zero-order chi connectivity index (χ0) is 16.0. The largest absolute Gasteiger partial charge is 0.392 e. The van der Waals surface area contributed by atoms with Gasteiger partial charge >= 0.3 is 0 Å². The van der Waals surface area contributed by atoms with E-state index in [1.165, 1.54) is 11.3 Å². The average Bonchev–Trinajstić information content (AvgIpc) is 2.95. The first-order valence-electron chi connectivity index (χ1n) is 6.99. The molecule has 118 valence electrons. The van der Waals surface area contributed by atoms with Crippen LogP contribution < -0.4 is 10.6 Å². The van der Waals surface area contributed by atoms with Crippen molar-refractivity contribution in [1.82, 2.24) is 10.6 Å². The second kappa shape index (κ2) is 7.56. The number of rotatable bonds is 7. The molecule has 1 aromatic heterocycles. The minimum absolute atomic E-state index is 0.0669. The Labute approximate surface area is 129 Å². The fourth-order valence-electron chi connectivity index (χ4n) is 2.05. The van der Waals surface area contributed by atoms with Gasteiger partial charge in [-0.15, -0.1) is 0 Å². The number of hydrogen-bond acceptors (Lipinski definition) is 4. The van der Waals surface area contributed by atoms with Crippen LogP contribution in [0, 0.1) is 11.3 Å². The van der Waals surface area contributed by atoms with E-state index in [1.54, 1.807) is 11.4 Å². The Morgan fingerprint density at radius 1 is 1.33 bits per heavy atom. The quantitative estimate of drug-likeness (QED) is 0.716. The first-order valence-corrected chi connectivity index (χ1v) is 7.93. The van der Waals surface area contributed by atoms with Crippen LogP contribution in [0.15, 0.2) is 16.8 Å². The van der Waals surface area contributed by atoms with Crippen LogP contribution in [-0.4, -0.2) is 36.1 Å². The minimum Gasteiger partial charge on any atom is -0.392 e. The van der Waals surface area contributed by atoms with E-state index >= 15 is 0 Å². The normalized spacial score (nSPS) is 13.0. The third kappa shape index (κ3) is 5.47. The molecule has 6 heteroatoms. The first-order chi connectivity index (χ1) is 9.74. The number of aliphatic hydroxyl groups excluding tert-OH is 1. The molecule has 0 fully saturated rings. The van der Waals surface area contributed by atoms with Crippen LogP contribution >= 0.6 is 11.3 Å². The maximum Gasteiger partial charge on any atom is 0.252 e. The van der Waals surface area contributed by atoms with Crippen molar-refractivity contribution in [2.45, 2.75) is 33.8 Å². The van der Waals surface area contributed by atoms with Gasteiger partial charge in [0.2, 0.25) is 5.91 Å². The Morgan fingerprint density at radius 2 is 2.00 bits per heavy atom. The summed E-state index contributed by atoms with van der Waals surface area (Å²) in [5.74, 6) is -0.398. The van der Waals surface area contributed by atoms with E-state index in [0.29, 0.717) is 12.1 Å². The lowest BCUT2D eigenvalue weighted by atomic mass is 9.81. The smallest absolute Gasteiger partial charge is 0.252 e. The van der Waals surface area contributed by atoms with E-state index in [0.717, 1.165) is 0 Å². The number of carbonyl (C=O) groups excluding carboxylic acids is 2. The number of amides is 2. The molecule has 0 aliphatic carbocycles. The van der Waals surface area contributed by atoms with Gasteiger partial charge in [0, 0.05) is 22.9 Å². The van der Waals surface area contributed by atoms with E-state index < -0.39 is 11.5 Å². The molecule has 1 heterocycles. The monoisotopic (exact) mass is 312 g/mol. The third-order valence-electron chi connectivity index (χ3n) is 3.37. The average molecular weight is 312 g/mol. The molecule has 1 rings (SSSR count). The second-order valence-corrected chi connectivity index (χ2v) is 6.93. The molecule has 0 saturated carbocycles. The highest BCUT2D eigenvalue weighted by Crippen LogP contribution is 2.24. The molecular weight excluding hydrogens is 288 g/mol. The van der Waals surface area contributed by atoms with Crippen molar-refractivity contribution in [2.24, 2.45) is 11.3 Å². The molecule has 0 aliphatic heterocycles. The topological polar surface area (TPSA) is 78.4 Å². The summed E-state index contributed by atoms with van der Waals surface area (Å²) in [6.07, 6.45) is -0.502. The molecule has 1 atom stereocenters. The summed E-state index contributed by atoms with van der Waals surface area (Å²) in [6, 6.07) is 1.71. The summed E-state index contributed by atoms with van der Waals surface area (Å²) < 4.78 is 0. The highest BCUT2D eigenvalue weighted by Gasteiger charge is 2.30. The zero-order valence-electron chi connectivity index (χ0n) is 13.0. The molecular formula is C15H24N2O3S. The predicted octanol–water partition coefficient (Wildman–Crippen LogP) is 1.64. The fourth-order valence-corrected chi connectivity index (χ4v) is 2.69. The van der Waals surface area contributed by atoms with Gasteiger partial charge in [-0.2, -0.15) is 11.3 Å². The van der Waals surface area contributed by atoms with Gasteiger partial charge in [-0.05, 0) is 17.4 Å². The summed E-state index contributed by atoms with van der Waals surface area (Å²) in [4.78, 5) is 23.4. The predicted molar refractivity (Wildman–Crippen MR) is 84.3 cm³/mol. The Bertz CT molecular complexity index is 469. The number of thiophene rings is 1. The van der Waals surface area contributed by atoms with Gasteiger partial charge in [0.15, 0.2) is 0 Å². The number of nitrogens with one attached hydrogen (secondary N) is 2. The molecule has 3 N–H and O–H groups in total. The summed E-state index contributed by atoms with van der Waals surface area (Å²) >= 11 is 1.43. The molecule has 0 radical (unpaired) electrons. The number of carbonyl (C=O) groups is 2. The Kier molecular flexibility index (Phi) is 6.36. The number of hydrogen-bond donors (Lipinski definition) is 3. The van der Waals surface area contributed by atoms with Crippen LogP contribution in [0.1, 0.15) is 38.1 Å². The second-order valence-electron chi connectivity index (χ2n) is 6.15. The van der Waals surface area contributed by atoms with Crippen LogP contribution in [0.4, 0.5) is 0 Å². The van der Waals surface area contributed by atoms with Crippen LogP contribution in [0.25, 0.3) is 0 Å². The van der Waals surface area contributed by atoms with Crippen molar-refractivity contribution in [3.8, 4) is 0 Å². The van der Waals surface area contributed by atoms with Crippen LogP contribution in [0.5, 0.6) is 0 Å². The molecule has 0 aromatic carbocycles. The van der Waals surface area contributed by atoms with E-state index in [1.807, 2.05) is 33.1 Å².